The van der Waals surface area contributed by atoms with Crippen LogP contribution in [0.1, 0.15) is 38.2 Å². The molecule has 0 fully saturated rings. The van der Waals surface area contributed by atoms with E-state index in [2.05, 4.69) is 11.9 Å². The van der Waals surface area contributed by atoms with Crippen molar-refractivity contribution in [1.29, 1.82) is 0 Å². The third-order valence-corrected chi connectivity index (χ3v) is 2.79. The van der Waals surface area contributed by atoms with Crippen LogP contribution in [0.2, 0.25) is 0 Å². The number of nitrogens with zero attached hydrogens (tertiary/aromatic N) is 1. The molecule has 0 aromatic heterocycles. The molecule has 0 spiro atoms. The smallest absolute Gasteiger partial charge is 0.363 e. The Morgan fingerprint density at radius 3 is 2.72 bits per heavy atom. The summed E-state index contributed by atoms with van der Waals surface area (Å²) < 4.78 is 5.16. The van der Waals surface area contributed by atoms with Gasteiger partial charge in [-0.2, -0.15) is 0 Å². The molecule has 1 aromatic carbocycles. The zero-order valence-electron chi connectivity index (χ0n) is 10.6. The second-order valence-corrected chi connectivity index (χ2v) is 4.26. The van der Waals surface area contributed by atoms with Crippen molar-refractivity contribution < 1.29 is 9.53 Å². The summed E-state index contributed by atoms with van der Waals surface area (Å²) in [5, 5.41) is 0. The Morgan fingerprint density at radius 1 is 1.22 bits per heavy atom. The molecule has 94 valence electrons. The van der Waals surface area contributed by atoms with Crippen molar-refractivity contribution >= 4 is 11.9 Å². The van der Waals surface area contributed by atoms with E-state index in [1.54, 1.807) is 0 Å². The number of ether oxygens (including phenoxy) is 1. The molecule has 0 N–H and O–H groups in total. The SMILES string of the molecule is CCCCCC=C1N=C(c2ccccc2)OC1=O. The van der Waals surface area contributed by atoms with Gasteiger partial charge in [0.05, 0.1) is 0 Å². The fourth-order valence-corrected chi connectivity index (χ4v) is 1.78. The minimum absolute atomic E-state index is 0.342. The molecule has 1 aliphatic rings. The number of unbranched alkanes of at least 4 members (excludes halogenated alkanes) is 3. The van der Waals surface area contributed by atoms with Gasteiger partial charge in [-0.15, -0.1) is 0 Å². The molecule has 0 bridgehead atoms. The quantitative estimate of drug-likeness (QED) is 0.451. The van der Waals surface area contributed by atoms with Gasteiger partial charge in [0.25, 0.3) is 0 Å². The number of carbonyl (C=O) groups excluding carboxylic acids is 1. The Morgan fingerprint density at radius 2 is 2.00 bits per heavy atom. The first-order chi connectivity index (χ1) is 8.81. The molecule has 0 unspecified atom stereocenters. The Kier molecular flexibility index (Phi) is 4.29. The van der Waals surface area contributed by atoms with Gasteiger partial charge in [0, 0.05) is 5.56 Å². The van der Waals surface area contributed by atoms with Gasteiger partial charge in [-0.05, 0) is 25.0 Å². The largest absolute Gasteiger partial charge is 0.402 e. The number of carbonyl (C=O) groups is 1. The highest BCUT2D eigenvalue weighted by molar-refractivity contribution is 6.11. The average molecular weight is 243 g/mol. The predicted octanol–water partition coefficient (Wildman–Crippen LogP) is 3.45. The first-order valence-electron chi connectivity index (χ1n) is 6.37. The van der Waals surface area contributed by atoms with Gasteiger partial charge in [-0.3, -0.25) is 0 Å². The lowest BCUT2D eigenvalue weighted by atomic mass is 10.2. The van der Waals surface area contributed by atoms with Gasteiger partial charge in [0.2, 0.25) is 5.90 Å². The summed E-state index contributed by atoms with van der Waals surface area (Å²) in [5.74, 6) is 0.0627. The van der Waals surface area contributed by atoms with Gasteiger partial charge in [0.1, 0.15) is 5.70 Å². The molecule has 0 atom stereocenters. The standard InChI is InChI=1S/C15H17NO2/c1-2-3-4-8-11-13-15(17)18-14(16-13)12-9-6-5-7-10-12/h5-7,9-11H,2-4,8H2,1H3. The van der Waals surface area contributed by atoms with E-state index >= 15 is 0 Å². The second kappa shape index (κ2) is 6.15. The van der Waals surface area contributed by atoms with Gasteiger partial charge >= 0.3 is 5.97 Å². The van der Waals surface area contributed by atoms with Gasteiger partial charge in [-0.25, -0.2) is 9.79 Å². The third kappa shape index (κ3) is 3.06. The predicted molar refractivity (Wildman–Crippen MR) is 71.3 cm³/mol. The highest BCUT2D eigenvalue weighted by atomic mass is 16.6. The number of esters is 1. The normalized spacial score (nSPS) is 16.8. The molecule has 2 rings (SSSR count). The van der Waals surface area contributed by atoms with Gasteiger partial charge in [0.15, 0.2) is 0 Å². The highest BCUT2D eigenvalue weighted by Gasteiger charge is 2.23. The third-order valence-electron chi connectivity index (χ3n) is 2.79. The Labute approximate surface area is 107 Å². The maximum Gasteiger partial charge on any atom is 0.363 e. The fraction of sp³-hybridized carbons (Fsp3) is 0.333. The number of hydrogen-bond acceptors (Lipinski definition) is 3. The minimum Gasteiger partial charge on any atom is -0.402 e. The summed E-state index contributed by atoms with van der Waals surface area (Å²) in [6, 6.07) is 9.48. The lowest BCUT2D eigenvalue weighted by Gasteiger charge is -1.97. The summed E-state index contributed by atoms with van der Waals surface area (Å²) in [4.78, 5) is 15.9. The first kappa shape index (κ1) is 12.6. The van der Waals surface area contributed by atoms with Crippen LogP contribution in [0, 0.1) is 0 Å². The summed E-state index contributed by atoms with van der Waals surface area (Å²) >= 11 is 0. The number of cyclic esters (lactones) is 1. The van der Waals surface area contributed by atoms with Crippen LogP contribution in [0.15, 0.2) is 47.1 Å². The van der Waals surface area contributed by atoms with Crippen molar-refractivity contribution in [3.05, 3.63) is 47.7 Å². The average Bonchev–Trinajstić information content (AvgIpc) is 2.77. The van der Waals surface area contributed by atoms with Crippen LogP contribution in [0.3, 0.4) is 0 Å². The molecule has 3 heteroatoms. The number of rotatable bonds is 5. The first-order valence-corrected chi connectivity index (χ1v) is 6.37. The van der Waals surface area contributed by atoms with E-state index in [4.69, 9.17) is 4.74 Å². The molecular formula is C15H17NO2. The number of hydrogen-bond donors (Lipinski definition) is 0. The van der Waals surface area contributed by atoms with Crippen LogP contribution in [0.5, 0.6) is 0 Å². The van der Waals surface area contributed by atoms with Crippen molar-refractivity contribution in [2.75, 3.05) is 0 Å². The maximum absolute atomic E-state index is 11.6. The molecule has 0 saturated carbocycles. The Bertz CT molecular complexity index is 475. The minimum atomic E-state index is -0.342. The molecule has 1 aliphatic heterocycles. The monoisotopic (exact) mass is 243 g/mol. The Hall–Kier alpha value is -1.90. The van der Waals surface area contributed by atoms with Crippen LogP contribution in [0.25, 0.3) is 0 Å². The van der Waals surface area contributed by atoms with Crippen molar-refractivity contribution in [1.82, 2.24) is 0 Å². The van der Waals surface area contributed by atoms with Crippen molar-refractivity contribution in [2.24, 2.45) is 4.99 Å². The molecule has 1 aromatic rings. The number of benzene rings is 1. The zero-order chi connectivity index (χ0) is 12.8. The summed E-state index contributed by atoms with van der Waals surface area (Å²) in [5.41, 5.74) is 1.27. The Balaban J connectivity index is 2.05. The van der Waals surface area contributed by atoms with E-state index < -0.39 is 0 Å². The van der Waals surface area contributed by atoms with Gasteiger partial charge in [-0.1, -0.05) is 44.0 Å². The van der Waals surface area contributed by atoms with E-state index in [-0.39, 0.29) is 5.97 Å². The molecule has 0 amide bonds. The zero-order valence-corrected chi connectivity index (χ0v) is 10.6. The van der Waals surface area contributed by atoms with Gasteiger partial charge < -0.3 is 4.74 Å². The second-order valence-electron chi connectivity index (χ2n) is 4.26. The van der Waals surface area contributed by atoms with E-state index in [0.717, 1.165) is 18.4 Å². The molecule has 0 aliphatic carbocycles. The maximum atomic E-state index is 11.6. The lowest BCUT2D eigenvalue weighted by Crippen LogP contribution is -2.04. The summed E-state index contributed by atoms with van der Waals surface area (Å²) in [6.45, 7) is 2.16. The molecule has 18 heavy (non-hydrogen) atoms. The summed E-state index contributed by atoms with van der Waals surface area (Å²) in [6.07, 6.45) is 6.18. The van der Waals surface area contributed by atoms with Crippen molar-refractivity contribution in [2.45, 2.75) is 32.6 Å². The molecule has 3 nitrogen and oxygen atoms in total. The van der Waals surface area contributed by atoms with Crippen molar-refractivity contribution in [3.63, 3.8) is 0 Å². The highest BCUT2D eigenvalue weighted by Crippen LogP contribution is 2.17. The van der Waals surface area contributed by atoms with Crippen LogP contribution in [0.4, 0.5) is 0 Å². The molecule has 0 radical (unpaired) electrons. The van der Waals surface area contributed by atoms with Crippen LogP contribution in [-0.4, -0.2) is 11.9 Å². The van der Waals surface area contributed by atoms with E-state index in [1.807, 2.05) is 36.4 Å². The number of allylic oxidation sites excluding steroid dienone is 1. The molecule has 1 heterocycles. The lowest BCUT2D eigenvalue weighted by molar-refractivity contribution is -0.130. The molecular weight excluding hydrogens is 226 g/mol. The van der Waals surface area contributed by atoms with Crippen molar-refractivity contribution in [3.8, 4) is 0 Å². The molecule has 0 saturated heterocycles. The number of aliphatic imine (C=N–C) groups is 1. The van der Waals surface area contributed by atoms with Crippen LogP contribution in [-0.2, 0) is 9.53 Å². The van der Waals surface area contributed by atoms with E-state index in [1.165, 1.54) is 12.8 Å². The van der Waals surface area contributed by atoms with E-state index in [9.17, 15) is 4.79 Å². The topological polar surface area (TPSA) is 38.7 Å². The van der Waals surface area contributed by atoms with Crippen LogP contribution >= 0.6 is 0 Å². The fourth-order valence-electron chi connectivity index (χ4n) is 1.78. The van der Waals surface area contributed by atoms with E-state index in [0.29, 0.717) is 11.6 Å². The van der Waals surface area contributed by atoms with Crippen LogP contribution < -0.4 is 0 Å². The summed E-state index contributed by atoms with van der Waals surface area (Å²) in [7, 11) is 0.